The first-order valence-electron chi connectivity index (χ1n) is 44.4. The first-order chi connectivity index (χ1) is 64.9. The summed E-state index contributed by atoms with van der Waals surface area (Å²) >= 11 is 0. The van der Waals surface area contributed by atoms with E-state index in [-0.39, 0.29) is 58.0 Å². The molecule has 0 aromatic rings. The SMILES string of the molecule is CC[C@H](C)[C@H](NC(=O)[C@H](CC(C)C)NC(=O)CC[C@H](NC(=O)[C@H](CCC(N)=O)NC(=O)[C@H](CC(N)=O)NC(=O)CC[C@H](NC(=O)[C@H](CCC(N)=O)NC(=O)[C@H](CC(C)C)NC(=O)CC[C@H](NC(=O)[C@H](C)NC(=O)[C@H](CCC(=O)O)NC(=O)CN)C(=O)O)C(=O)O)C(=O)O)C(=O)N[C@@H](CCCNC(=N)N)C(=O)N[C@@H](CCC(=O)N[C@@H](CCCCN)C(=O)N[C@@H](CO)C(=O)N[C@@H](CC(N)=O)C(N)=O)C(=O)O. The van der Waals surface area contributed by atoms with Gasteiger partial charge < -0.3 is 167 Å². The number of rotatable bonds is 73. The molecule has 17 atom stereocenters. The average molecular weight is 1990 g/mol. The van der Waals surface area contributed by atoms with Crippen molar-refractivity contribution in [3.05, 3.63) is 0 Å². The van der Waals surface area contributed by atoms with Crippen LogP contribution in [-0.2, 0) is 125 Å². The van der Waals surface area contributed by atoms with Crippen LogP contribution in [0.5, 0.6) is 0 Å². The van der Waals surface area contributed by atoms with E-state index in [0.29, 0.717) is 6.42 Å². The number of guanidine groups is 1. The number of carbonyl (C=O) groups excluding carboxylic acids is 21. The molecule has 0 saturated carbocycles. The molecule has 0 saturated heterocycles. The average Bonchev–Trinajstić information content (AvgIpc) is 0.849. The van der Waals surface area contributed by atoms with Gasteiger partial charge in [-0.05, 0) is 121 Å². The first kappa shape index (κ1) is 124. The Balaban J connectivity index is 6.73. The normalized spacial score (nSPS) is 14.6. The fourth-order valence-electron chi connectivity index (χ4n) is 12.9. The second-order valence-corrected chi connectivity index (χ2v) is 33.4. The summed E-state index contributed by atoms with van der Waals surface area (Å²) in [5.41, 5.74) is 42.8. The van der Waals surface area contributed by atoms with Gasteiger partial charge >= 0.3 is 29.8 Å². The minimum absolute atomic E-state index is 0.0356. The number of amides is 21. The molecule has 40 N–H and O–H groups in total. The molecule has 0 rings (SSSR count). The van der Waals surface area contributed by atoms with Crippen molar-refractivity contribution in [2.45, 2.75) is 299 Å². The molecule has 0 aliphatic rings. The van der Waals surface area contributed by atoms with Crippen LogP contribution in [0.3, 0.4) is 0 Å². The van der Waals surface area contributed by atoms with Crippen molar-refractivity contribution in [3.63, 3.8) is 0 Å². The highest BCUT2D eigenvalue weighted by atomic mass is 16.4. The third kappa shape index (κ3) is 52.3. The van der Waals surface area contributed by atoms with E-state index in [0.717, 1.165) is 6.92 Å². The number of nitrogens with one attached hydrogen (secondary N) is 18. The van der Waals surface area contributed by atoms with Crippen LogP contribution in [0.15, 0.2) is 0 Å². The van der Waals surface area contributed by atoms with Gasteiger partial charge in [0.25, 0.3) is 0 Å². The largest absolute Gasteiger partial charge is 0.481 e. The molecule has 782 valence electrons. The number of aliphatic carboxylic acids is 5. The monoisotopic (exact) mass is 1980 g/mol. The predicted octanol–water partition coefficient (Wildman–Crippen LogP) is -12.7. The topological polar surface area (TPSA) is 1000 Å². The molecule has 58 heteroatoms. The maximum Gasteiger partial charge on any atom is 0.326 e. The highest BCUT2D eigenvalue weighted by Gasteiger charge is 2.40. The summed E-state index contributed by atoms with van der Waals surface area (Å²) in [5.74, 6) is -33.8. The van der Waals surface area contributed by atoms with Crippen molar-refractivity contribution in [1.29, 1.82) is 5.41 Å². The van der Waals surface area contributed by atoms with E-state index >= 15 is 0 Å². The van der Waals surface area contributed by atoms with Crippen LogP contribution >= 0.6 is 0 Å². The molecule has 0 aromatic carbocycles. The van der Waals surface area contributed by atoms with Gasteiger partial charge in [0.05, 0.1) is 26.0 Å². The zero-order chi connectivity index (χ0) is 106. The Bertz CT molecular complexity index is 4330. The number of carboxylic acids is 5. The Morgan fingerprint density at radius 2 is 0.590 bits per heavy atom. The third-order valence-electron chi connectivity index (χ3n) is 20.6. The maximum absolute atomic E-state index is 14.5. The zero-order valence-electron chi connectivity index (χ0n) is 78.2. The summed E-state index contributed by atoms with van der Waals surface area (Å²) in [7, 11) is 0. The van der Waals surface area contributed by atoms with Crippen molar-refractivity contribution < 1.29 is 155 Å². The van der Waals surface area contributed by atoms with Crippen LogP contribution < -0.4 is 136 Å². The lowest BCUT2D eigenvalue weighted by atomic mass is 9.96. The molecule has 0 unspecified atom stereocenters. The smallest absolute Gasteiger partial charge is 0.326 e. The number of primary amides is 5. The molecule has 21 amide bonds. The molecule has 0 aliphatic carbocycles. The molecule has 0 radical (unpaired) electrons. The molecule has 0 bridgehead atoms. The quantitative estimate of drug-likeness (QED) is 0.0153. The lowest BCUT2D eigenvalue weighted by Gasteiger charge is -2.29. The first-order valence-corrected chi connectivity index (χ1v) is 44.4. The highest BCUT2D eigenvalue weighted by Crippen LogP contribution is 2.17. The highest BCUT2D eigenvalue weighted by molar-refractivity contribution is 6.01. The van der Waals surface area contributed by atoms with E-state index in [1.165, 1.54) is 6.92 Å². The van der Waals surface area contributed by atoms with Gasteiger partial charge in [-0.1, -0.05) is 48.0 Å². The van der Waals surface area contributed by atoms with Gasteiger partial charge in [-0.15, -0.1) is 0 Å². The van der Waals surface area contributed by atoms with E-state index in [1.54, 1.807) is 34.6 Å². The van der Waals surface area contributed by atoms with E-state index in [9.17, 15) is 150 Å². The standard InChI is InChI=1S/C81H136N26O32/c1-8-38(6)64(76(131)100-41(13-11-29-91-81(89)90)69(124)102-46(78(134)135)17-23-58(113)93-40(12-9-10-28-82)68(123)106-53(35-108)75(130)105-49(65(88)120)32-56(86)111)107-74(129)51(31-37(4)5)96-60(115)25-18-47(79(136)137)104-71(126)44(15-22-55(85)110)99-73(128)52(33-57(87)112)97-61(116)26-19-48(80(138)139)103-70(125)43(14-21-54(84)109)98-72(127)50(30-36(2)3)95-59(114)24-16-45(77(132)133)101-66(121)39(7)92-67(122)42(20-27-63(118)119)94-62(117)34-83/h36-53,64,108H,8-35,82-83H2,1-7H3,(H2,84,109)(H2,85,110)(H2,86,111)(H2,87,112)(H2,88,120)(H,92,122)(H,93,113)(H,94,117)(H,95,114)(H,96,115)(H,97,116)(H,98,127)(H,99,128)(H,100,131)(H,101,121)(H,102,124)(H,103,125)(H,104,126)(H,105,130)(H,106,123)(H,107,129)(H,118,119)(H,132,133)(H,134,135)(H,136,137)(H,138,139)(H4,89,90,91)/t38-,39-,40-,41-,42-,43-,44-,45-,46-,47-,48-,49-,50-,51-,52-,53-,64-/m0/s1. The Morgan fingerprint density at radius 3 is 0.950 bits per heavy atom. The van der Waals surface area contributed by atoms with Crippen LogP contribution in [0.25, 0.3) is 0 Å². The zero-order valence-corrected chi connectivity index (χ0v) is 78.2. The molecular weight excluding hydrogens is 1850 g/mol. The Labute approximate surface area is 797 Å². The minimum Gasteiger partial charge on any atom is -0.481 e. The van der Waals surface area contributed by atoms with Gasteiger partial charge in [-0.3, -0.25) is 111 Å². The van der Waals surface area contributed by atoms with Crippen molar-refractivity contribution in [3.8, 4) is 0 Å². The molecular formula is C81H136N26O32. The molecule has 139 heavy (non-hydrogen) atoms. The predicted molar refractivity (Wildman–Crippen MR) is 481 cm³/mol. The summed E-state index contributed by atoms with van der Waals surface area (Å²) in [6.45, 7) is 9.16. The van der Waals surface area contributed by atoms with Crippen LogP contribution in [0.1, 0.15) is 203 Å². The van der Waals surface area contributed by atoms with Gasteiger partial charge in [-0.2, -0.15) is 0 Å². The van der Waals surface area contributed by atoms with Gasteiger partial charge in [0.1, 0.15) is 96.7 Å². The second-order valence-electron chi connectivity index (χ2n) is 33.4. The van der Waals surface area contributed by atoms with Crippen LogP contribution in [-0.4, -0.2) is 313 Å². The van der Waals surface area contributed by atoms with Crippen molar-refractivity contribution in [1.82, 2.24) is 90.4 Å². The van der Waals surface area contributed by atoms with Crippen LogP contribution in [0.4, 0.5) is 0 Å². The van der Waals surface area contributed by atoms with Crippen molar-refractivity contribution in [2.75, 3.05) is 26.2 Å². The summed E-state index contributed by atoms with van der Waals surface area (Å²) in [4.78, 5) is 339. The lowest BCUT2D eigenvalue weighted by molar-refractivity contribution is -0.143. The number of nitrogens with two attached hydrogens (primary N) is 8. The number of carboxylic acid groups (broad SMARTS) is 5. The third-order valence-corrected chi connectivity index (χ3v) is 20.6. The maximum atomic E-state index is 14.5. The lowest BCUT2D eigenvalue weighted by Crippen LogP contribution is -2.59. The van der Waals surface area contributed by atoms with Gasteiger partial charge in [0.2, 0.25) is 124 Å². The van der Waals surface area contributed by atoms with Crippen molar-refractivity contribution >= 4 is 160 Å². The number of hydrogen-bond acceptors (Lipinski definition) is 30. The van der Waals surface area contributed by atoms with Gasteiger partial charge in [0.15, 0.2) is 5.96 Å². The number of aliphatic hydroxyl groups is 1. The molecule has 0 fully saturated rings. The minimum atomic E-state index is -2.05. The van der Waals surface area contributed by atoms with E-state index in [1.807, 2.05) is 0 Å². The fraction of sp³-hybridized carbons (Fsp3) is 0.667. The molecule has 0 aliphatic heterocycles. The van der Waals surface area contributed by atoms with Crippen molar-refractivity contribution in [2.24, 2.45) is 63.6 Å². The summed E-state index contributed by atoms with van der Waals surface area (Å²) in [5, 5.41) is 106. The van der Waals surface area contributed by atoms with Crippen LogP contribution in [0, 0.1) is 23.2 Å². The summed E-state index contributed by atoms with van der Waals surface area (Å²) in [6, 6.07) is -27.7. The fourth-order valence-corrected chi connectivity index (χ4v) is 12.9. The molecule has 0 heterocycles. The Morgan fingerprint density at radius 1 is 0.295 bits per heavy atom. The van der Waals surface area contributed by atoms with Gasteiger partial charge in [-0.25, -0.2) is 19.2 Å². The second kappa shape index (κ2) is 65.2. The summed E-state index contributed by atoms with van der Waals surface area (Å²) < 4.78 is 0. The molecule has 0 aromatic heterocycles. The van der Waals surface area contributed by atoms with Crippen LogP contribution in [0.2, 0.25) is 0 Å². The van der Waals surface area contributed by atoms with E-state index in [2.05, 4.69) is 90.4 Å². The molecule has 58 nitrogen and oxygen atoms in total. The Kier molecular flexibility index (Phi) is 58.3. The van der Waals surface area contributed by atoms with E-state index < -0.39 is 390 Å². The number of hydrogen-bond donors (Lipinski definition) is 32. The number of aliphatic hydroxyl groups excluding tert-OH is 1. The van der Waals surface area contributed by atoms with E-state index in [4.69, 9.17) is 56.4 Å². The van der Waals surface area contributed by atoms with Gasteiger partial charge in [0, 0.05) is 51.5 Å². The number of carbonyl (C=O) groups is 26. The summed E-state index contributed by atoms with van der Waals surface area (Å²) in [6.07, 6.45) is -11.6. The number of unbranched alkanes of at least 4 members (excludes halogenated alkanes) is 1. The Hall–Kier alpha value is -14.6. The molecule has 0 spiro atoms.